The molecule has 1 atom stereocenters. The summed E-state index contributed by atoms with van der Waals surface area (Å²) in [4.78, 5) is 29.5. The van der Waals surface area contributed by atoms with Gasteiger partial charge >= 0.3 is 5.97 Å². The SMILES string of the molecule is Cc1cccc(C)c1-c1cc(OC[C@@H](C=C2CCC2)NCc2cnc3oc(C4CC4)cc3n2)nc(NS(=O)(=O)c2cccc(C(=O)O)c2)n1.Cl. The highest BCUT2D eigenvalue weighted by molar-refractivity contribution is 7.92. The molecule has 0 saturated heterocycles. The zero-order chi connectivity index (χ0) is 34.1. The van der Waals surface area contributed by atoms with E-state index >= 15 is 0 Å². The van der Waals surface area contributed by atoms with E-state index in [1.165, 1.54) is 23.8 Å². The number of hydrogen-bond donors (Lipinski definition) is 3. The van der Waals surface area contributed by atoms with Crippen molar-refractivity contribution in [3.05, 3.63) is 101 Å². The van der Waals surface area contributed by atoms with Crippen molar-refractivity contribution in [3.63, 3.8) is 0 Å². The summed E-state index contributed by atoms with van der Waals surface area (Å²) < 4.78 is 41.3. The minimum absolute atomic E-state index is 0. The molecule has 0 unspecified atom stereocenters. The van der Waals surface area contributed by atoms with E-state index in [0.717, 1.165) is 71.8 Å². The molecule has 3 N–H and O–H groups in total. The summed E-state index contributed by atoms with van der Waals surface area (Å²) in [5.74, 6) is 0.159. The monoisotopic (exact) mass is 716 g/mol. The standard InChI is InChI=1S/C36H36N6O6S.ClH/c1-21-6-3-7-22(2)33(21)29-17-32(41-36(40-29)42-49(45,46)28-11-5-10-25(15-28)35(43)44)47-20-26(14-23-8-4-9-23)37-18-27-19-38-34-30(39-27)16-31(48-34)24-12-13-24;/h3,5-7,10-11,14-17,19,24,26,37H,4,8-9,12-13,18,20H2,1-2H3,(H,43,44)(H,40,41,42);1H/t26-;/m1./s1. The number of allylic oxidation sites excluding steroid dienone is 1. The molecular weight excluding hydrogens is 680 g/mol. The zero-order valence-corrected chi connectivity index (χ0v) is 29.2. The van der Waals surface area contributed by atoms with E-state index in [-0.39, 0.29) is 47.3 Å². The van der Waals surface area contributed by atoms with Gasteiger partial charge in [0.2, 0.25) is 17.5 Å². The average Bonchev–Trinajstić information content (AvgIpc) is 3.82. The Morgan fingerprint density at radius 3 is 2.52 bits per heavy atom. The molecule has 260 valence electrons. The lowest BCUT2D eigenvalue weighted by Crippen LogP contribution is -2.33. The van der Waals surface area contributed by atoms with Crippen molar-refractivity contribution in [2.45, 2.75) is 69.4 Å². The average molecular weight is 717 g/mol. The highest BCUT2D eigenvalue weighted by atomic mass is 35.5. The fourth-order valence-corrected chi connectivity index (χ4v) is 6.80. The Bertz CT molecular complexity index is 2170. The van der Waals surface area contributed by atoms with E-state index in [1.54, 1.807) is 12.3 Å². The number of aromatic nitrogens is 4. The van der Waals surface area contributed by atoms with Crippen LogP contribution in [0.5, 0.6) is 5.88 Å². The first-order valence-electron chi connectivity index (χ1n) is 16.2. The molecule has 14 heteroatoms. The number of carboxylic acid groups (broad SMARTS) is 1. The fourth-order valence-electron chi connectivity index (χ4n) is 5.81. The number of sulfonamides is 1. The largest absolute Gasteiger partial charge is 0.478 e. The van der Waals surface area contributed by atoms with Crippen molar-refractivity contribution < 1.29 is 27.5 Å². The third-order valence-electron chi connectivity index (χ3n) is 8.73. The predicted molar refractivity (Wildman–Crippen MR) is 190 cm³/mol. The van der Waals surface area contributed by atoms with Gasteiger partial charge in [-0.05, 0) is 75.3 Å². The van der Waals surface area contributed by atoms with E-state index < -0.39 is 16.0 Å². The van der Waals surface area contributed by atoms with Crippen LogP contribution in [0.3, 0.4) is 0 Å². The van der Waals surface area contributed by atoms with Crippen LogP contribution < -0.4 is 14.8 Å². The second-order valence-corrected chi connectivity index (χ2v) is 14.3. The van der Waals surface area contributed by atoms with Gasteiger partial charge in [-0.3, -0.25) is 0 Å². The number of anilines is 1. The maximum absolute atomic E-state index is 13.4. The molecule has 2 aromatic carbocycles. The molecule has 0 aliphatic heterocycles. The summed E-state index contributed by atoms with van der Waals surface area (Å²) in [7, 11) is -4.24. The number of nitrogens with one attached hydrogen (secondary N) is 2. The Labute approximate surface area is 295 Å². The number of aryl methyl sites for hydroxylation is 2. The molecule has 2 aliphatic carbocycles. The molecule has 0 amide bonds. The lowest BCUT2D eigenvalue weighted by Gasteiger charge is -2.22. The molecule has 3 aromatic heterocycles. The van der Waals surface area contributed by atoms with Crippen molar-refractivity contribution in [3.8, 4) is 17.1 Å². The fraction of sp³-hybridized carbons (Fsp3) is 0.306. The van der Waals surface area contributed by atoms with Crippen LogP contribution in [0.1, 0.15) is 71.0 Å². The molecule has 2 fully saturated rings. The van der Waals surface area contributed by atoms with Crippen molar-refractivity contribution in [2.24, 2.45) is 0 Å². The molecule has 7 rings (SSSR count). The molecule has 3 heterocycles. The summed E-state index contributed by atoms with van der Waals surface area (Å²) in [6.07, 6.45) is 9.37. The number of rotatable bonds is 13. The number of carboxylic acids is 1. The van der Waals surface area contributed by atoms with Crippen LogP contribution in [-0.4, -0.2) is 52.1 Å². The number of hydrogen-bond acceptors (Lipinski definition) is 10. The number of ether oxygens (including phenoxy) is 1. The van der Waals surface area contributed by atoms with E-state index in [2.05, 4.69) is 31.1 Å². The number of nitrogens with zero attached hydrogens (tertiary/aromatic N) is 4. The van der Waals surface area contributed by atoms with Crippen molar-refractivity contribution in [1.82, 2.24) is 25.3 Å². The number of aromatic carboxylic acids is 1. The maximum Gasteiger partial charge on any atom is 0.335 e. The molecule has 12 nitrogen and oxygen atoms in total. The van der Waals surface area contributed by atoms with Gasteiger partial charge in [0.25, 0.3) is 10.0 Å². The van der Waals surface area contributed by atoms with Gasteiger partial charge in [0, 0.05) is 30.2 Å². The second kappa shape index (κ2) is 14.6. The summed E-state index contributed by atoms with van der Waals surface area (Å²) in [6, 6.07) is 14.4. The first-order chi connectivity index (χ1) is 23.6. The van der Waals surface area contributed by atoms with Gasteiger partial charge in [-0.15, -0.1) is 12.4 Å². The molecule has 2 saturated carbocycles. The minimum atomic E-state index is -4.24. The van der Waals surface area contributed by atoms with Gasteiger partial charge in [0.15, 0.2) is 0 Å². The molecule has 0 radical (unpaired) electrons. The number of benzene rings is 2. The smallest absolute Gasteiger partial charge is 0.335 e. The second-order valence-electron chi connectivity index (χ2n) is 12.6. The topological polar surface area (TPSA) is 169 Å². The number of carbonyl (C=O) groups is 1. The third-order valence-corrected chi connectivity index (χ3v) is 10.1. The molecule has 2 aliphatic rings. The van der Waals surface area contributed by atoms with E-state index in [0.29, 0.717) is 23.9 Å². The van der Waals surface area contributed by atoms with Crippen LogP contribution >= 0.6 is 12.4 Å². The van der Waals surface area contributed by atoms with E-state index in [4.69, 9.17) is 14.1 Å². The van der Waals surface area contributed by atoms with Crippen molar-refractivity contribution in [2.75, 3.05) is 11.3 Å². The van der Waals surface area contributed by atoms with E-state index in [1.807, 2.05) is 38.1 Å². The Balaban J connectivity index is 0.00000432. The van der Waals surface area contributed by atoms with Crippen LogP contribution in [0, 0.1) is 13.8 Å². The highest BCUT2D eigenvalue weighted by Gasteiger charge is 2.28. The van der Waals surface area contributed by atoms with Crippen LogP contribution in [0.4, 0.5) is 5.95 Å². The van der Waals surface area contributed by atoms with Gasteiger partial charge in [0.05, 0.1) is 34.1 Å². The predicted octanol–water partition coefficient (Wildman–Crippen LogP) is 6.74. The summed E-state index contributed by atoms with van der Waals surface area (Å²) >= 11 is 0. The number of fused-ring (bicyclic) bond motifs is 1. The normalized spacial score (nSPS) is 14.8. The van der Waals surface area contributed by atoms with Gasteiger partial charge in [0.1, 0.15) is 17.9 Å². The van der Waals surface area contributed by atoms with Crippen LogP contribution in [-0.2, 0) is 16.6 Å². The van der Waals surface area contributed by atoms with Gasteiger partial charge in [-0.1, -0.05) is 35.9 Å². The Hall–Kier alpha value is -4.85. The summed E-state index contributed by atoms with van der Waals surface area (Å²) in [5.41, 5.74) is 6.44. The summed E-state index contributed by atoms with van der Waals surface area (Å²) in [5, 5.41) is 12.9. The first kappa shape index (κ1) is 35.0. The summed E-state index contributed by atoms with van der Waals surface area (Å²) in [6.45, 7) is 4.55. The minimum Gasteiger partial charge on any atom is -0.478 e. The van der Waals surface area contributed by atoms with Crippen LogP contribution in [0.2, 0.25) is 0 Å². The van der Waals surface area contributed by atoms with Crippen LogP contribution in [0.15, 0.2) is 81.8 Å². The van der Waals surface area contributed by atoms with Crippen molar-refractivity contribution in [1.29, 1.82) is 0 Å². The molecular formula is C36H37ClN6O6S. The molecule has 0 spiro atoms. The van der Waals surface area contributed by atoms with Crippen molar-refractivity contribution >= 4 is 45.6 Å². The first-order valence-corrected chi connectivity index (χ1v) is 17.7. The molecule has 50 heavy (non-hydrogen) atoms. The molecule has 5 aromatic rings. The maximum atomic E-state index is 13.4. The van der Waals surface area contributed by atoms with Gasteiger partial charge in [-0.2, -0.15) is 4.98 Å². The lowest BCUT2D eigenvalue weighted by atomic mass is 9.91. The quantitative estimate of drug-likeness (QED) is 0.110. The van der Waals surface area contributed by atoms with E-state index in [9.17, 15) is 18.3 Å². The van der Waals surface area contributed by atoms with Crippen LogP contribution in [0.25, 0.3) is 22.5 Å². The Kier molecular flexibility index (Phi) is 10.2. The lowest BCUT2D eigenvalue weighted by molar-refractivity contribution is 0.0696. The number of halogens is 1. The van der Waals surface area contributed by atoms with Gasteiger partial charge in [-0.25, -0.2) is 32.9 Å². The third kappa shape index (κ3) is 7.96. The van der Waals surface area contributed by atoms with Gasteiger partial charge < -0.3 is 19.6 Å². The highest BCUT2D eigenvalue weighted by Crippen LogP contribution is 2.41. The molecule has 0 bridgehead atoms. The Morgan fingerprint density at radius 1 is 1.06 bits per heavy atom. The number of furan rings is 1. The zero-order valence-electron chi connectivity index (χ0n) is 27.5. The Morgan fingerprint density at radius 2 is 1.82 bits per heavy atom.